The van der Waals surface area contributed by atoms with E-state index in [2.05, 4.69) is 15.9 Å². The summed E-state index contributed by atoms with van der Waals surface area (Å²) in [5.74, 6) is 0.203. The zero-order valence-electron chi connectivity index (χ0n) is 6.67. The van der Waals surface area contributed by atoms with E-state index in [4.69, 9.17) is 0 Å². The van der Waals surface area contributed by atoms with Gasteiger partial charge in [0.2, 0.25) is 0 Å². The number of fused-ring (bicyclic) bond motifs is 1. The molecule has 1 aromatic rings. The molecule has 0 amide bonds. The molecule has 0 atom stereocenters. The van der Waals surface area contributed by atoms with Crippen LogP contribution in [0.25, 0.3) is 0 Å². The average Bonchev–Trinajstić information content (AvgIpc) is 2.28. The summed E-state index contributed by atoms with van der Waals surface area (Å²) in [5, 5.41) is 0. The number of nitrogens with zero attached hydrogens (tertiary/aromatic N) is 1. The minimum Gasteiger partial charge on any atom is -0.366 e. The maximum absolute atomic E-state index is 11.4. The molecule has 0 unspecified atom stereocenters. The molecular weight excluding hydrogens is 218 g/mol. The van der Waals surface area contributed by atoms with Crippen molar-refractivity contribution in [3.63, 3.8) is 0 Å². The first-order valence-electron chi connectivity index (χ1n) is 3.72. The Labute approximate surface area is 79.3 Å². The van der Waals surface area contributed by atoms with Crippen LogP contribution in [0.3, 0.4) is 0 Å². The van der Waals surface area contributed by atoms with E-state index < -0.39 is 0 Å². The van der Waals surface area contributed by atoms with Gasteiger partial charge in [0.15, 0.2) is 5.78 Å². The van der Waals surface area contributed by atoms with Crippen molar-refractivity contribution < 1.29 is 4.79 Å². The fourth-order valence-electron chi connectivity index (χ4n) is 1.45. The standard InChI is InChI=1S/C9H8BrNO/c1-11-5-9(12)7-4-6(10)2-3-8(7)11/h2-4H,5H2,1H3. The molecule has 2 nitrogen and oxygen atoms in total. The molecule has 1 aliphatic heterocycles. The quantitative estimate of drug-likeness (QED) is 0.675. The molecule has 12 heavy (non-hydrogen) atoms. The SMILES string of the molecule is CN1CC(=O)c2cc(Br)ccc21. The smallest absolute Gasteiger partial charge is 0.184 e. The van der Waals surface area contributed by atoms with Crippen molar-refractivity contribution >= 4 is 27.4 Å². The van der Waals surface area contributed by atoms with Gasteiger partial charge in [-0.3, -0.25) is 4.79 Å². The molecule has 0 aliphatic carbocycles. The summed E-state index contributed by atoms with van der Waals surface area (Å²) in [6.07, 6.45) is 0. The predicted octanol–water partition coefficient (Wildman–Crippen LogP) is 2.08. The Morgan fingerprint density at radius 2 is 2.25 bits per heavy atom. The average molecular weight is 226 g/mol. The Morgan fingerprint density at radius 1 is 1.50 bits per heavy atom. The second-order valence-corrected chi connectivity index (χ2v) is 3.86. The van der Waals surface area contributed by atoms with E-state index in [9.17, 15) is 4.79 Å². The van der Waals surface area contributed by atoms with Crippen LogP contribution in [0.4, 0.5) is 5.69 Å². The van der Waals surface area contributed by atoms with Gasteiger partial charge in [0, 0.05) is 22.8 Å². The Hall–Kier alpha value is -0.830. The van der Waals surface area contributed by atoms with Crippen molar-refractivity contribution in [2.24, 2.45) is 0 Å². The topological polar surface area (TPSA) is 20.3 Å². The highest BCUT2D eigenvalue weighted by atomic mass is 79.9. The molecule has 0 radical (unpaired) electrons. The molecular formula is C9H8BrNO. The number of carbonyl (C=O) groups excluding carboxylic acids is 1. The maximum Gasteiger partial charge on any atom is 0.184 e. The second kappa shape index (κ2) is 2.59. The summed E-state index contributed by atoms with van der Waals surface area (Å²) >= 11 is 3.34. The van der Waals surface area contributed by atoms with Gasteiger partial charge < -0.3 is 4.90 Å². The molecule has 1 heterocycles. The van der Waals surface area contributed by atoms with Crippen molar-refractivity contribution in [3.8, 4) is 0 Å². The fourth-order valence-corrected chi connectivity index (χ4v) is 1.81. The second-order valence-electron chi connectivity index (χ2n) is 2.94. The lowest BCUT2D eigenvalue weighted by atomic mass is 10.1. The highest BCUT2D eigenvalue weighted by Gasteiger charge is 2.23. The first kappa shape index (κ1) is 7.80. The number of hydrogen-bond donors (Lipinski definition) is 0. The molecule has 3 heteroatoms. The highest BCUT2D eigenvalue weighted by Crippen LogP contribution is 2.28. The van der Waals surface area contributed by atoms with Crippen molar-refractivity contribution in [2.45, 2.75) is 0 Å². The highest BCUT2D eigenvalue weighted by molar-refractivity contribution is 9.10. The molecule has 62 valence electrons. The van der Waals surface area contributed by atoms with Crippen molar-refractivity contribution in [1.29, 1.82) is 0 Å². The van der Waals surface area contributed by atoms with Crippen LogP contribution in [0, 0.1) is 0 Å². The number of carbonyl (C=O) groups is 1. The van der Waals surface area contributed by atoms with Gasteiger partial charge in [-0.1, -0.05) is 15.9 Å². The monoisotopic (exact) mass is 225 g/mol. The molecule has 0 saturated heterocycles. The Balaban J connectivity index is 2.60. The Bertz CT molecular complexity index is 348. The fraction of sp³-hybridized carbons (Fsp3) is 0.222. The van der Waals surface area contributed by atoms with Crippen molar-refractivity contribution in [1.82, 2.24) is 0 Å². The summed E-state index contributed by atoms with van der Waals surface area (Å²) < 4.78 is 0.963. The van der Waals surface area contributed by atoms with Crippen molar-refractivity contribution in [3.05, 3.63) is 28.2 Å². The third-order valence-corrected chi connectivity index (χ3v) is 2.54. The molecule has 0 saturated carbocycles. The van der Waals surface area contributed by atoms with E-state index >= 15 is 0 Å². The van der Waals surface area contributed by atoms with E-state index in [1.807, 2.05) is 30.1 Å². The van der Waals surface area contributed by atoms with Crippen LogP contribution in [0.1, 0.15) is 10.4 Å². The van der Waals surface area contributed by atoms with Crippen LogP contribution < -0.4 is 4.90 Å². The van der Waals surface area contributed by atoms with E-state index in [1.54, 1.807) is 0 Å². The van der Waals surface area contributed by atoms with Gasteiger partial charge in [0.1, 0.15) is 0 Å². The van der Waals surface area contributed by atoms with E-state index in [0.717, 1.165) is 15.7 Å². The number of hydrogen-bond acceptors (Lipinski definition) is 2. The number of benzene rings is 1. The summed E-state index contributed by atoms with van der Waals surface area (Å²) in [6, 6.07) is 5.79. The van der Waals surface area contributed by atoms with Crippen LogP contribution >= 0.6 is 15.9 Å². The molecule has 1 aliphatic rings. The largest absolute Gasteiger partial charge is 0.366 e. The van der Waals surface area contributed by atoms with E-state index in [1.165, 1.54) is 0 Å². The summed E-state index contributed by atoms with van der Waals surface area (Å²) in [6.45, 7) is 0.506. The zero-order valence-corrected chi connectivity index (χ0v) is 8.26. The normalized spacial score (nSPS) is 15.2. The van der Waals surface area contributed by atoms with Gasteiger partial charge in [-0.15, -0.1) is 0 Å². The van der Waals surface area contributed by atoms with Crippen LogP contribution in [0.15, 0.2) is 22.7 Å². The first-order valence-corrected chi connectivity index (χ1v) is 4.51. The number of likely N-dealkylation sites (N-methyl/N-ethyl adjacent to an activating group) is 1. The summed E-state index contributed by atoms with van der Waals surface area (Å²) in [5.41, 5.74) is 1.86. The zero-order chi connectivity index (χ0) is 8.72. The van der Waals surface area contributed by atoms with Crippen LogP contribution in [0.5, 0.6) is 0 Å². The third kappa shape index (κ3) is 1.05. The summed E-state index contributed by atoms with van der Waals surface area (Å²) in [4.78, 5) is 13.3. The number of halogens is 1. The predicted molar refractivity (Wildman–Crippen MR) is 51.7 cm³/mol. The van der Waals surface area contributed by atoms with Gasteiger partial charge >= 0.3 is 0 Å². The lowest BCUT2D eigenvalue weighted by molar-refractivity contribution is 0.101. The van der Waals surface area contributed by atoms with Gasteiger partial charge in [-0.25, -0.2) is 0 Å². The lowest BCUT2D eigenvalue weighted by Gasteiger charge is -2.09. The Kier molecular flexibility index (Phi) is 1.68. The molecule has 0 spiro atoms. The van der Waals surface area contributed by atoms with Gasteiger partial charge in [0.25, 0.3) is 0 Å². The van der Waals surface area contributed by atoms with Crippen LogP contribution in [0.2, 0.25) is 0 Å². The number of ketones is 1. The lowest BCUT2D eigenvalue weighted by Crippen LogP contribution is -2.15. The summed E-state index contributed by atoms with van der Waals surface area (Å²) in [7, 11) is 1.93. The molecule has 0 bridgehead atoms. The first-order chi connectivity index (χ1) is 5.68. The van der Waals surface area contributed by atoms with Crippen LogP contribution in [-0.2, 0) is 0 Å². The number of anilines is 1. The van der Waals surface area contributed by atoms with E-state index in [0.29, 0.717) is 6.54 Å². The molecule has 2 rings (SSSR count). The molecule has 1 aromatic carbocycles. The minimum atomic E-state index is 0.203. The van der Waals surface area contributed by atoms with Gasteiger partial charge in [-0.05, 0) is 18.2 Å². The van der Waals surface area contributed by atoms with Gasteiger partial charge in [0.05, 0.1) is 6.54 Å². The van der Waals surface area contributed by atoms with Crippen LogP contribution in [-0.4, -0.2) is 19.4 Å². The van der Waals surface area contributed by atoms with Crippen molar-refractivity contribution in [2.75, 3.05) is 18.5 Å². The Morgan fingerprint density at radius 3 is 3.00 bits per heavy atom. The molecule has 0 fully saturated rings. The molecule has 0 aromatic heterocycles. The molecule has 0 N–H and O–H groups in total. The van der Waals surface area contributed by atoms with E-state index in [-0.39, 0.29) is 5.78 Å². The maximum atomic E-state index is 11.4. The third-order valence-electron chi connectivity index (χ3n) is 2.05. The minimum absolute atomic E-state index is 0.203. The number of Topliss-reactive ketones (excluding diaryl/α,β-unsaturated/α-hetero) is 1. The number of rotatable bonds is 0. The van der Waals surface area contributed by atoms with Gasteiger partial charge in [-0.2, -0.15) is 0 Å².